The monoisotopic (exact) mass is 342 g/mol. The Kier molecular flexibility index (Phi) is 3.29. The third-order valence-electron chi connectivity index (χ3n) is 3.62. The third-order valence-corrected chi connectivity index (χ3v) is 4.77. The second kappa shape index (κ2) is 5.00. The Bertz CT molecular complexity index is 864. The van der Waals surface area contributed by atoms with Gasteiger partial charge in [0.15, 0.2) is 0 Å². The first-order chi connectivity index (χ1) is 10.0. The van der Waals surface area contributed by atoms with Crippen LogP contribution in [0.2, 0.25) is 0 Å². The molecule has 21 heavy (non-hydrogen) atoms. The molecular formula is C16H15BrN4. The lowest BCUT2D eigenvalue weighted by molar-refractivity contribution is 0.839. The largest absolute Gasteiger partial charge is 0.384 e. The number of nitrogens with one attached hydrogen (secondary N) is 1. The van der Waals surface area contributed by atoms with Gasteiger partial charge in [-0.15, -0.1) is 0 Å². The smallest absolute Gasteiger partial charge is 0.123 e. The van der Waals surface area contributed by atoms with Crippen LogP contribution >= 0.6 is 15.9 Å². The number of amidine groups is 1. The summed E-state index contributed by atoms with van der Waals surface area (Å²) in [5.74, 6) is 0.0762. The molecule has 0 atom stereocenters. The predicted octanol–water partition coefficient (Wildman–Crippen LogP) is 3.69. The van der Waals surface area contributed by atoms with Gasteiger partial charge in [-0.2, -0.15) is 5.10 Å². The van der Waals surface area contributed by atoms with E-state index < -0.39 is 0 Å². The molecule has 1 aromatic heterocycles. The predicted molar refractivity (Wildman–Crippen MR) is 89.3 cm³/mol. The third kappa shape index (κ3) is 2.14. The van der Waals surface area contributed by atoms with Gasteiger partial charge in [-0.25, -0.2) is 4.68 Å². The highest BCUT2D eigenvalue weighted by Crippen LogP contribution is 2.29. The number of aryl methyl sites for hydroxylation is 1. The number of nitrogen functional groups attached to an aromatic ring is 1. The molecule has 3 rings (SSSR count). The van der Waals surface area contributed by atoms with E-state index in [4.69, 9.17) is 11.1 Å². The van der Waals surface area contributed by atoms with Gasteiger partial charge in [-0.1, -0.05) is 24.3 Å². The maximum atomic E-state index is 7.72. The van der Waals surface area contributed by atoms with E-state index >= 15 is 0 Å². The number of hydrogen-bond acceptors (Lipinski definition) is 2. The van der Waals surface area contributed by atoms with E-state index in [1.165, 1.54) is 0 Å². The molecule has 0 saturated heterocycles. The fraction of sp³-hybridized carbons (Fsp3) is 0.125. The molecule has 0 aliphatic rings. The average Bonchev–Trinajstić information content (AvgIpc) is 2.73. The van der Waals surface area contributed by atoms with Gasteiger partial charge < -0.3 is 5.73 Å². The van der Waals surface area contributed by atoms with Crippen LogP contribution < -0.4 is 5.73 Å². The van der Waals surface area contributed by atoms with Crippen molar-refractivity contribution in [3.8, 4) is 5.69 Å². The molecule has 0 bridgehead atoms. The number of halogens is 1. The Morgan fingerprint density at radius 2 is 1.81 bits per heavy atom. The minimum atomic E-state index is 0.0762. The zero-order chi connectivity index (χ0) is 15.1. The molecule has 2 aromatic carbocycles. The lowest BCUT2D eigenvalue weighted by Crippen LogP contribution is -2.12. The van der Waals surface area contributed by atoms with Gasteiger partial charge in [-0.05, 0) is 47.3 Å². The molecule has 1 heterocycles. The summed E-state index contributed by atoms with van der Waals surface area (Å²) in [5.41, 5.74) is 9.41. The molecule has 0 amide bonds. The van der Waals surface area contributed by atoms with Crippen LogP contribution in [0.4, 0.5) is 0 Å². The minimum absolute atomic E-state index is 0.0762. The molecular weight excluding hydrogens is 328 g/mol. The zero-order valence-electron chi connectivity index (χ0n) is 11.8. The van der Waals surface area contributed by atoms with Gasteiger partial charge in [0, 0.05) is 10.9 Å². The van der Waals surface area contributed by atoms with Crippen molar-refractivity contribution in [1.29, 1.82) is 5.41 Å². The Hall–Kier alpha value is -2.14. The van der Waals surface area contributed by atoms with Crippen molar-refractivity contribution in [2.75, 3.05) is 0 Å². The number of nitrogens with zero attached hydrogens (tertiary/aromatic N) is 2. The number of hydrogen-bond donors (Lipinski definition) is 2. The van der Waals surface area contributed by atoms with Crippen molar-refractivity contribution in [3.05, 3.63) is 57.8 Å². The van der Waals surface area contributed by atoms with Crippen molar-refractivity contribution >= 4 is 32.5 Å². The molecule has 3 aromatic rings. The van der Waals surface area contributed by atoms with Crippen molar-refractivity contribution in [2.24, 2.45) is 5.73 Å². The molecule has 3 N–H and O–H groups in total. The number of benzene rings is 2. The maximum absolute atomic E-state index is 7.72. The van der Waals surface area contributed by atoms with Gasteiger partial charge in [-0.3, -0.25) is 5.41 Å². The van der Waals surface area contributed by atoms with Crippen LogP contribution in [-0.4, -0.2) is 15.6 Å². The Morgan fingerprint density at radius 3 is 2.38 bits per heavy atom. The van der Waals surface area contributed by atoms with E-state index in [1.54, 1.807) is 0 Å². The lowest BCUT2D eigenvalue weighted by Gasteiger charge is -2.12. The first kappa shape index (κ1) is 13.8. The van der Waals surface area contributed by atoms with Crippen molar-refractivity contribution in [1.82, 2.24) is 9.78 Å². The molecule has 106 valence electrons. The number of rotatable bonds is 2. The normalized spacial score (nSPS) is 11.0. The van der Waals surface area contributed by atoms with Crippen molar-refractivity contribution in [3.63, 3.8) is 0 Å². The molecule has 4 nitrogen and oxygen atoms in total. The summed E-state index contributed by atoms with van der Waals surface area (Å²) < 4.78 is 2.94. The van der Waals surface area contributed by atoms with Crippen molar-refractivity contribution in [2.45, 2.75) is 13.8 Å². The number of fused-ring (bicyclic) bond motifs is 1. The van der Waals surface area contributed by atoms with E-state index in [-0.39, 0.29) is 5.84 Å². The molecule has 0 aliphatic heterocycles. The summed E-state index contributed by atoms with van der Waals surface area (Å²) in [7, 11) is 0. The van der Waals surface area contributed by atoms with Gasteiger partial charge in [0.2, 0.25) is 0 Å². The summed E-state index contributed by atoms with van der Waals surface area (Å²) in [4.78, 5) is 0. The molecule has 0 fully saturated rings. The van der Waals surface area contributed by atoms with Crippen LogP contribution in [0.3, 0.4) is 0 Å². The second-order valence-corrected chi connectivity index (χ2v) is 5.78. The van der Waals surface area contributed by atoms with Gasteiger partial charge in [0.1, 0.15) is 5.84 Å². The molecule has 0 radical (unpaired) electrons. The summed E-state index contributed by atoms with van der Waals surface area (Å²) >= 11 is 3.56. The van der Waals surface area contributed by atoms with Crippen molar-refractivity contribution < 1.29 is 0 Å². The summed E-state index contributed by atoms with van der Waals surface area (Å²) in [6.07, 6.45) is 0. The van der Waals surface area contributed by atoms with E-state index in [1.807, 2.05) is 54.9 Å². The van der Waals surface area contributed by atoms with E-state index in [2.05, 4.69) is 21.0 Å². The highest BCUT2D eigenvalue weighted by molar-refractivity contribution is 9.10. The fourth-order valence-electron chi connectivity index (χ4n) is 2.56. The summed E-state index contributed by atoms with van der Waals surface area (Å²) in [5, 5.41) is 14.3. The fourth-order valence-corrected chi connectivity index (χ4v) is 2.81. The second-order valence-electron chi connectivity index (χ2n) is 4.99. The quantitative estimate of drug-likeness (QED) is 0.550. The highest BCUT2D eigenvalue weighted by atomic mass is 79.9. The summed E-state index contributed by atoms with van der Waals surface area (Å²) in [6.45, 7) is 4.00. The minimum Gasteiger partial charge on any atom is -0.384 e. The molecule has 0 unspecified atom stereocenters. The topological polar surface area (TPSA) is 67.7 Å². The average molecular weight is 343 g/mol. The number of nitrogens with two attached hydrogens (primary N) is 1. The Labute approximate surface area is 131 Å². The van der Waals surface area contributed by atoms with E-state index in [0.717, 1.165) is 37.9 Å². The van der Waals surface area contributed by atoms with Crippen LogP contribution in [-0.2, 0) is 0 Å². The van der Waals surface area contributed by atoms with Gasteiger partial charge >= 0.3 is 0 Å². The van der Waals surface area contributed by atoms with Crippen LogP contribution in [0.25, 0.3) is 16.5 Å². The lowest BCUT2D eigenvalue weighted by atomic mass is 10.0. The molecule has 0 spiro atoms. The number of aromatic nitrogens is 2. The highest BCUT2D eigenvalue weighted by Gasteiger charge is 2.14. The Morgan fingerprint density at radius 1 is 1.14 bits per heavy atom. The SMILES string of the molecule is Cc1nn(-c2ccc(C(=N)N)c3ccccc23)c(C)c1Br. The zero-order valence-corrected chi connectivity index (χ0v) is 13.4. The van der Waals surface area contributed by atoms with Crippen LogP contribution in [0.15, 0.2) is 40.9 Å². The maximum Gasteiger partial charge on any atom is 0.123 e. The first-order valence-corrected chi connectivity index (χ1v) is 7.38. The van der Waals surface area contributed by atoms with Crippen LogP contribution in [0.1, 0.15) is 17.0 Å². The molecule has 5 heteroatoms. The first-order valence-electron chi connectivity index (χ1n) is 6.59. The van der Waals surface area contributed by atoms with Crippen LogP contribution in [0.5, 0.6) is 0 Å². The van der Waals surface area contributed by atoms with Gasteiger partial charge in [0.05, 0.1) is 21.5 Å². The van der Waals surface area contributed by atoms with Crippen LogP contribution in [0, 0.1) is 19.3 Å². The Balaban J connectivity index is 2.37. The van der Waals surface area contributed by atoms with E-state index in [0.29, 0.717) is 0 Å². The molecule has 0 saturated carbocycles. The summed E-state index contributed by atoms with van der Waals surface area (Å²) in [6, 6.07) is 11.8. The standard InChI is InChI=1S/C16H15BrN4/c1-9-15(17)10(2)21(20-9)14-8-7-13(16(18)19)11-5-3-4-6-12(11)14/h3-8H,1-2H3,(H3,18,19). The molecule has 0 aliphatic carbocycles. The van der Waals surface area contributed by atoms with Gasteiger partial charge in [0.25, 0.3) is 0 Å². The van der Waals surface area contributed by atoms with E-state index in [9.17, 15) is 0 Å².